The van der Waals surface area contributed by atoms with Gasteiger partial charge in [-0.2, -0.15) is 0 Å². The van der Waals surface area contributed by atoms with Crippen LogP contribution in [-0.2, 0) is 10.5 Å². The largest absolute Gasteiger partial charge is 0.355 e. The molecule has 0 spiro atoms. The minimum absolute atomic E-state index is 0.00260. The summed E-state index contributed by atoms with van der Waals surface area (Å²) < 4.78 is 0. The van der Waals surface area contributed by atoms with Crippen molar-refractivity contribution in [3.05, 3.63) is 35.9 Å². The van der Waals surface area contributed by atoms with Crippen LogP contribution in [0.1, 0.15) is 32.8 Å². The highest BCUT2D eigenvalue weighted by Crippen LogP contribution is 2.19. The Balaban J connectivity index is 1.66. The van der Waals surface area contributed by atoms with Crippen LogP contribution in [0, 0.1) is 5.92 Å². The second-order valence-corrected chi connectivity index (χ2v) is 7.76. The van der Waals surface area contributed by atoms with E-state index < -0.39 is 0 Å². The van der Waals surface area contributed by atoms with Crippen molar-refractivity contribution >= 4 is 17.7 Å². The first kappa shape index (κ1) is 17.4. The van der Waals surface area contributed by atoms with Crippen molar-refractivity contribution in [1.82, 2.24) is 10.2 Å². The van der Waals surface area contributed by atoms with Gasteiger partial charge >= 0.3 is 0 Å². The van der Waals surface area contributed by atoms with Gasteiger partial charge in [-0.3, -0.25) is 4.79 Å². The molecule has 1 aliphatic heterocycles. The van der Waals surface area contributed by atoms with Gasteiger partial charge in [0.05, 0.1) is 5.25 Å². The van der Waals surface area contributed by atoms with E-state index >= 15 is 0 Å². The molecule has 1 heterocycles. The molecule has 0 radical (unpaired) electrons. The molecule has 0 unspecified atom stereocenters. The maximum Gasteiger partial charge on any atom is 0.232 e. The van der Waals surface area contributed by atoms with Gasteiger partial charge in [-0.1, -0.05) is 30.3 Å². The molecule has 22 heavy (non-hydrogen) atoms. The number of thioether (sulfide) groups is 1. The normalized spacial score (nSPS) is 20.3. The zero-order chi connectivity index (χ0) is 15.9. The third kappa shape index (κ3) is 5.33. The maximum atomic E-state index is 12.2. The van der Waals surface area contributed by atoms with Crippen LogP contribution in [0.2, 0.25) is 0 Å². The number of hydrogen-bond donors (Lipinski definition) is 1. The molecular formula is C18H28N2OS. The molecule has 1 saturated heterocycles. The number of carbonyl (C=O) groups is 1. The van der Waals surface area contributed by atoms with Crippen LogP contribution in [0.25, 0.3) is 0 Å². The summed E-state index contributed by atoms with van der Waals surface area (Å²) >= 11 is 1.70. The first-order chi connectivity index (χ1) is 10.6. The van der Waals surface area contributed by atoms with E-state index in [1.54, 1.807) is 11.8 Å². The van der Waals surface area contributed by atoms with Gasteiger partial charge in [-0.05, 0) is 45.2 Å². The summed E-state index contributed by atoms with van der Waals surface area (Å²) in [6.45, 7) is 9.57. The highest BCUT2D eigenvalue weighted by Gasteiger charge is 2.25. The summed E-state index contributed by atoms with van der Waals surface area (Å²) in [5, 5.41) is 3.14. The van der Waals surface area contributed by atoms with Crippen LogP contribution in [0.3, 0.4) is 0 Å². The molecule has 1 aromatic rings. The topological polar surface area (TPSA) is 32.3 Å². The Morgan fingerprint density at radius 3 is 2.68 bits per heavy atom. The second kappa shape index (κ2) is 8.59. The van der Waals surface area contributed by atoms with Crippen molar-refractivity contribution in [1.29, 1.82) is 0 Å². The molecule has 1 aliphatic rings. The minimum atomic E-state index is 0.00260. The van der Waals surface area contributed by atoms with Gasteiger partial charge in [-0.25, -0.2) is 0 Å². The molecular weight excluding hydrogens is 292 g/mol. The standard InChI is InChI=1S/C18H28N2OS/c1-14(2)20-10-9-17(12-20)11-19-18(21)15(3)22-13-16-7-5-4-6-8-16/h4-8,14-15,17H,9-13H2,1-3H3,(H,19,21)/t15-,17+/m0/s1. The van der Waals surface area contributed by atoms with Crippen molar-refractivity contribution in [2.45, 2.75) is 44.2 Å². The molecule has 4 heteroatoms. The van der Waals surface area contributed by atoms with E-state index in [2.05, 4.69) is 36.2 Å². The Morgan fingerprint density at radius 2 is 2.05 bits per heavy atom. The fourth-order valence-corrected chi connectivity index (χ4v) is 3.63. The summed E-state index contributed by atoms with van der Waals surface area (Å²) in [6, 6.07) is 10.9. The number of carbonyl (C=O) groups excluding carboxylic acids is 1. The van der Waals surface area contributed by atoms with E-state index in [0.717, 1.165) is 25.4 Å². The molecule has 2 rings (SSSR count). The molecule has 1 fully saturated rings. The number of amides is 1. The predicted molar refractivity (Wildman–Crippen MR) is 95.0 cm³/mol. The number of hydrogen-bond acceptors (Lipinski definition) is 3. The molecule has 2 atom stereocenters. The lowest BCUT2D eigenvalue weighted by Crippen LogP contribution is -2.36. The summed E-state index contributed by atoms with van der Waals surface area (Å²) in [4.78, 5) is 14.7. The van der Waals surface area contributed by atoms with Crippen LogP contribution >= 0.6 is 11.8 Å². The van der Waals surface area contributed by atoms with E-state index in [1.807, 2.05) is 25.1 Å². The summed E-state index contributed by atoms with van der Waals surface area (Å²) in [7, 11) is 0. The van der Waals surface area contributed by atoms with Gasteiger partial charge < -0.3 is 10.2 Å². The third-order valence-electron chi connectivity index (χ3n) is 4.32. The Labute approximate surface area is 138 Å². The number of benzene rings is 1. The highest BCUT2D eigenvalue weighted by molar-refractivity contribution is 7.99. The minimum Gasteiger partial charge on any atom is -0.355 e. The van der Waals surface area contributed by atoms with E-state index in [1.165, 1.54) is 12.0 Å². The van der Waals surface area contributed by atoms with Crippen LogP contribution in [0.5, 0.6) is 0 Å². The summed E-state index contributed by atoms with van der Waals surface area (Å²) in [5.74, 6) is 1.67. The maximum absolute atomic E-state index is 12.2. The lowest BCUT2D eigenvalue weighted by atomic mass is 10.1. The lowest BCUT2D eigenvalue weighted by molar-refractivity contribution is -0.120. The lowest BCUT2D eigenvalue weighted by Gasteiger charge is -2.20. The van der Waals surface area contributed by atoms with Gasteiger partial charge in [0.25, 0.3) is 0 Å². The smallest absolute Gasteiger partial charge is 0.232 e. The Bertz CT molecular complexity index is 463. The Hall–Kier alpha value is -1.00. The zero-order valence-corrected chi connectivity index (χ0v) is 14.7. The summed E-state index contributed by atoms with van der Waals surface area (Å²) in [6.07, 6.45) is 1.20. The second-order valence-electron chi connectivity index (χ2n) is 6.43. The van der Waals surface area contributed by atoms with Crippen molar-refractivity contribution in [2.75, 3.05) is 19.6 Å². The monoisotopic (exact) mass is 320 g/mol. The quantitative estimate of drug-likeness (QED) is 0.837. The van der Waals surface area contributed by atoms with Crippen molar-refractivity contribution in [3.63, 3.8) is 0 Å². The summed E-state index contributed by atoms with van der Waals surface area (Å²) in [5.41, 5.74) is 1.27. The van der Waals surface area contributed by atoms with Gasteiger partial charge in [-0.15, -0.1) is 11.8 Å². The van der Waals surface area contributed by atoms with Crippen LogP contribution < -0.4 is 5.32 Å². The third-order valence-corrected chi connectivity index (χ3v) is 5.54. The molecule has 0 bridgehead atoms. The van der Waals surface area contributed by atoms with Crippen molar-refractivity contribution < 1.29 is 4.79 Å². The molecule has 0 saturated carbocycles. The van der Waals surface area contributed by atoms with Crippen molar-refractivity contribution in [2.24, 2.45) is 5.92 Å². The Kier molecular flexibility index (Phi) is 6.77. The number of likely N-dealkylation sites (tertiary alicyclic amines) is 1. The van der Waals surface area contributed by atoms with Gasteiger partial charge in [0.15, 0.2) is 0 Å². The van der Waals surface area contributed by atoms with E-state index in [0.29, 0.717) is 12.0 Å². The van der Waals surface area contributed by atoms with Crippen LogP contribution in [0.15, 0.2) is 30.3 Å². The van der Waals surface area contributed by atoms with Gasteiger partial charge in [0.1, 0.15) is 0 Å². The fraction of sp³-hybridized carbons (Fsp3) is 0.611. The number of nitrogens with zero attached hydrogens (tertiary/aromatic N) is 1. The highest BCUT2D eigenvalue weighted by atomic mass is 32.2. The predicted octanol–water partition coefficient (Wildman–Crippen LogP) is 3.15. The molecule has 1 aromatic carbocycles. The molecule has 0 aromatic heterocycles. The molecule has 1 N–H and O–H groups in total. The van der Waals surface area contributed by atoms with Gasteiger partial charge in [0, 0.05) is 24.9 Å². The van der Waals surface area contributed by atoms with E-state index in [4.69, 9.17) is 0 Å². The average Bonchev–Trinajstić information content (AvgIpc) is 3.00. The number of rotatable bonds is 7. The first-order valence-electron chi connectivity index (χ1n) is 8.23. The molecule has 122 valence electrons. The first-order valence-corrected chi connectivity index (χ1v) is 9.28. The van der Waals surface area contributed by atoms with Crippen molar-refractivity contribution in [3.8, 4) is 0 Å². The Morgan fingerprint density at radius 1 is 1.32 bits per heavy atom. The van der Waals surface area contributed by atoms with E-state index in [9.17, 15) is 4.79 Å². The average molecular weight is 321 g/mol. The fourth-order valence-electron chi connectivity index (χ4n) is 2.76. The molecule has 1 amide bonds. The number of nitrogens with one attached hydrogen (secondary N) is 1. The van der Waals surface area contributed by atoms with Crippen LogP contribution in [0.4, 0.5) is 0 Å². The van der Waals surface area contributed by atoms with E-state index in [-0.39, 0.29) is 11.2 Å². The SMILES string of the molecule is CC(C)N1CC[C@H](CNC(=O)[C@H](C)SCc2ccccc2)C1. The zero-order valence-electron chi connectivity index (χ0n) is 13.9. The van der Waals surface area contributed by atoms with Crippen LogP contribution in [-0.4, -0.2) is 41.7 Å². The molecule has 3 nitrogen and oxygen atoms in total. The molecule has 0 aliphatic carbocycles. The van der Waals surface area contributed by atoms with Gasteiger partial charge in [0.2, 0.25) is 5.91 Å².